The van der Waals surface area contributed by atoms with E-state index in [1.165, 1.54) is 11.8 Å². The fraction of sp³-hybridized carbons (Fsp3) is 0.208. The van der Waals surface area contributed by atoms with Crippen molar-refractivity contribution in [3.63, 3.8) is 0 Å². The minimum atomic E-state index is -0.162. The van der Waals surface area contributed by atoms with Crippen molar-refractivity contribution in [3.05, 3.63) is 72.9 Å². The smallest absolute Gasteiger partial charge is 0.248 e. The minimum Gasteiger partial charge on any atom is -0.378 e. The van der Waals surface area contributed by atoms with Crippen LogP contribution in [-0.4, -0.2) is 42.2 Å². The maximum Gasteiger partial charge on any atom is 0.248 e. The Morgan fingerprint density at radius 2 is 1.87 bits per heavy atom. The van der Waals surface area contributed by atoms with Crippen LogP contribution in [-0.2, 0) is 9.53 Å². The predicted octanol–water partition coefficient (Wildman–Crippen LogP) is 4.24. The number of aromatic nitrogens is 2. The van der Waals surface area contributed by atoms with Crippen LogP contribution >= 0.6 is 0 Å². The fourth-order valence-electron chi connectivity index (χ4n) is 3.38. The van der Waals surface area contributed by atoms with Gasteiger partial charge in [-0.15, -0.1) is 0 Å². The van der Waals surface area contributed by atoms with Gasteiger partial charge in [0.05, 0.1) is 18.9 Å². The van der Waals surface area contributed by atoms with E-state index in [0.717, 1.165) is 43.2 Å². The molecule has 0 bridgehead atoms. The largest absolute Gasteiger partial charge is 0.378 e. The summed E-state index contributed by atoms with van der Waals surface area (Å²) in [6.07, 6.45) is 4.91. The van der Waals surface area contributed by atoms with Crippen LogP contribution in [0.5, 0.6) is 0 Å². The second-order valence-corrected chi connectivity index (χ2v) is 7.11. The molecule has 0 radical (unpaired) electrons. The van der Waals surface area contributed by atoms with E-state index in [1.54, 1.807) is 12.3 Å². The number of nitrogens with one attached hydrogen (secondary N) is 2. The van der Waals surface area contributed by atoms with Crippen molar-refractivity contribution < 1.29 is 9.53 Å². The van der Waals surface area contributed by atoms with E-state index in [9.17, 15) is 4.79 Å². The maximum atomic E-state index is 11.8. The molecule has 1 aliphatic heterocycles. The van der Waals surface area contributed by atoms with Crippen molar-refractivity contribution in [1.29, 1.82) is 0 Å². The summed E-state index contributed by atoms with van der Waals surface area (Å²) in [6, 6.07) is 17.7. The van der Waals surface area contributed by atoms with Crippen LogP contribution in [0.4, 0.5) is 23.0 Å². The molecule has 7 nitrogen and oxygen atoms in total. The first-order valence-electron chi connectivity index (χ1n) is 10.3. The number of amides is 1. The summed E-state index contributed by atoms with van der Waals surface area (Å²) in [7, 11) is 0. The Labute approximate surface area is 181 Å². The number of rotatable bonds is 6. The van der Waals surface area contributed by atoms with Crippen molar-refractivity contribution >= 4 is 28.9 Å². The van der Waals surface area contributed by atoms with E-state index in [0.29, 0.717) is 11.6 Å². The Hall–Kier alpha value is -3.71. The van der Waals surface area contributed by atoms with Crippen molar-refractivity contribution in [3.8, 4) is 11.3 Å². The lowest BCUT2D eigenvalue weighted by Gasteiger charge is -2.28. The van der Waals surface area contributed by atoms with Gasteiger partial charge in [-0.1, -0.05) is 18.2 Å². The molecular weight excluding hydrogens is 390 g/mol. The van der Waals surface area contributed by atoms with Crippen molar-refractivity contribution in [2.45, 2.75) is 6.92 Å². The molecule has 0 aliphatic carbocycles. The van der Waals surface area contributed by atoms with Crippen LogP contribution < -0.4 is 15.5 Å². The van der Waals surface area contributed by atoms with Gasteiger partial charge < -0.3 is 20.3 Å². The molecule has 3 aromatic rings. The molecule has 31 heavy (non-hydrogen) atoms. The summed E-state index contributed by atoms with van der Waals surface area (Å²) in [5.74, 6) is 0.352. The maximum absolute atomic E-state index is 11.8. The van der Waals surface area contributed by atoms with Gasteiger partial charge in [0.15, 0.2) is 0 Å². The fourth-order valence-corrected chi connectivity index (χ4v) is 3.38. The summed E-state index contributed by atoms with van der Waals surface area (Å²) in [5, 5.41) is 6.11. The molecule has 1 aromatic heterocycles. The molecule has 0 saturated carbocycles. The van der Waals surface area contributed by atoms with Crippen molar-refractivity contribution in [2.24, 2.45) is 0 Å². The summed E-state index contributed by atoms with van der Waals surface area (Å²) >= 11 is 0. The number of hydrogen-bond acceptors (Lipinski definition) is 6. The average molecular weight is 415 g/mol. The van der Waals surface area contributed by atoms with Gasteiger partial charge in [-0.05, 0) is 55.5 Å². The third-order valence-electron chi connectivity index (χ3n) is 4.90. The lowest BCUT2D eigenvalue weighted by atomic mass is 10.1. The van der Waals surface area contributed by atoms with E-state index in [4.69, 9.17) is 4.74 Å². The lowest BCUT2D eigenvalue weighted by molar-refractivity contribution is -0.111. The Morgan fingerprint density at radius 3 is 2.65 bits per heavy atom. The number of nitrogens with zero attached hydrogens (tertiary/aromatic N) is 3. The van der Waals surface area contributed by atoms with Gasteiger partial charge in [-0.3, -0.25) is 4.79 Å². The quantitative estimate of drug-likeness (QED) is 0.587. The Kier molecular flexibility index (Phi) is 6.54. The van der Waals surface area contributed by atoms with Crippen LogP contribution in [0.2, 0.25) is 0 Å². The first-order valence-corrected chi connectivity index (χ1v) is 10.3. The zero-order valence-electron chi connectivity index (χ0n) is 17.4. The van der Waals surface area contributed by atoms with Crippen LogP contribution in [0.1, 0.15) is 6.92 Å². The van der Waals surface area contributed by atoms with Gasteiger partial charge in [-0.2, -0.15) is 0 Å². The Bertz CT molecular complexity index is 1060. The molecule has 2 heterocycles. The highest BCUT2D eigenvalue weighted by Crippen LogP contribution is 2.24. The number of carbonyl (C=O) groups is 1. The van der Waals surface area contributed by atoms with E-state index in [1.807, 2.05) is 49.4 Å². The standard InChI is InChI=1S/C24H25N5O2/c1-2-4-23(30)26-20-6-3-5-18(17-20)22-11-12-25-24(28-22)27-19-7-9-21(10-8-19)29-13-15-31-16-14-29/h2-12,17H,13-16H2,1H3,(H,26,30)(H,25,27,28). The molecule has 1 amide bonds. The zero-order chi connectivity index (χ0) is 21.5. The van der Waals surface area contributed by atoms with Crippen molar-refractivity contribution in [2.75, 3.05) is 41.8 Å². The summed E-state index contributed by atoms with van der Waals surface area (Å²) in [5.41, 5.74) is 4.48. The molecule has 1 saturated heterocycles. The average Bonchev–Trinajstić information content (AvgIpc) is 2.81. The molecular formula is C24H25N5O2. The third-order valence-corrected chi connectivity index (χ3v) is 4.90. The number of hydrogen-bond donors (Lipinski definition) is 2. The summed E-state index contributed by atoms with van der Waals surface area (Å²) in [4.78, 5) is 23.1. The van der Waals surface area contributed by atoms with Gasteiger partial charge >= 0.3 is 0 Å². The normalized spacial score (nSPS) is 13.9. The number of morpholine rings is 1. The first kappa shape index (κ1) is 20.6. The highest BCUT2D eigenvalue weighted by atomic mass is 16.5. The van der Waals surface area contributed by atoms with Gasteiger partial charge in [0.25, 0.3) is 0 Å². The second-order valence-electron chi connectivity index (χ2n) is 7.11. The number of anilines is 4. The number of benzene rings is 2. The molecule has 2 aromatic carbocycles. The first-order chi connectivity index (χ1) is 15.2. The molecule has 7 heteroatoms. The molecule has 0 unspecified atom stereocenters. The minimum absolute atomic E-state index is 0.162. The number of carbonyl (C=O) groups excluding carboxylic acids is 1. The molecule has 158 valence electrons. The van der Waals surface area contributed by atoms with Crippen LogP contribution in [0, 0.1) is 0 Å². The lowest BCUT2D eigenvalue weighted by Crippen LogP contribution is -2.36. The van der Waals surface area contributed by atoms with Gasteiger partial charge in [0.1, 0.15) is 0 Å². The number of ether oxygens (including phenoxy) is 1. The Morgan fingerprint density at radius 1 is 1.06 bits per heavy atom. The van der Waals surface area contributed by atoms with Crippen LogP contribution in [0.3, 0.4) is 0 Å². The van der Waals surface area contributed by atoms with Crippen molar-refractivity contribution in [1.82, 2.24) is 9.97 Å². The van der Waals surface area contributed by atoms with Gasteiger partial charge in [0.2, 0.25) is 11.9 Å². The summed E-state index contributed by atoms with van der Waals surface area (Å²) in [6.45, 7) is 5.15. The SMILES string of the molecule is CC=CC(=O)Nc1cccc(-c2ccnc(Nc3ccc(N4CCOCC4)cc3)n2)c1. The Balaban J connectivity index is 1.47. The molecule has 2 N–H and O–H groups in total. The zero-order valence-corrected chi connectivity index (χ0v) is 17.4. The van der Waals surface area contributed by atoms with E-state index < -0.39 is 0 Å². The highest BCUT2D eigenvalue weighted by Gasteiger charge is 2.11. The summed E-state index contributed by atoms with van der Waals surface area (Å²) < 4.78 is 5.41. The molecule has 0 atom stereocenters. The number of allylic oxidation sites excluding steroid dienone is 1. The van der Waals surface area contributed by atoms with Gasteiger partial charge in [0, 0.05) is 41.9 Å². The molecule has 4 rings (SSSR count). The van der Waals surface area contributed by atoms with Crippen LogP contribution in [0.15, 0.2) is 72.9 Å². The topological polar surface area (TPSA) is 79.4 Å². The van der Waals surface area contributed by atoms with Gasteiger partial charge in [-0.25, -0.2) is 9.97 Å². The van der Waals surface area contributed by atoms with E-state index >= 15 is 0 Å². The second kappa shape index (κ2) is 9.86. The van der Waals surface area contributed by atoms with E-state index in [2.05, 4.69) is 37.6 Å². The van der Waals surface area contributed by atoms with E-state index in [-0.39, 0.29) is 5.91 Å². The predicted molar refractivity (Wildman–Crippen MR) is 124 cm³/mol. The third kappa shape index (κ3) is 5.46. The molecule has 1 fully saturated rings. The highest BCUT2D eigenvalue weighted by molar-refractivity contribution is 5.99. The monoisotopic (exact) mass is 415 g/mol. The molecule has 1 aliphatic rings. The molecule has 0 spiro atoms. The van der Waals surface area contributed by atoms with Crippen LogP contribution in [0.25, 0.3) is 11.3 Å².